The summed E-state index contributed by atoms with van der Waals surface area (Å²) in [5, 5.41) is 0. The lowest BCUT2D eigenvalue weighted by Crippen LogP contribution is -2.28. The van der Waals surface area contributed by atoms with Crippen LogP contribution in [-0.2, 0) is 5.41 Å². The Hall–Kier alpha value is -2.24. The van der Waals surface area contributed by atoms with Crippen molar-refractivity contribution in [3.05, 3.63) is 29.8 Å². The number of ether oxygens (including phenoxy) is 1. The van der Waals surface area contributed by atoms with Crippen LogP contribution in [0.1, 0.15) is 33.3 Å². The van der Waals surface area contributed by atoms with E-state index in [-0.39, 0.29) is 23.4 Å². The number of nitrogens with two attached hydrogens (primary N) is 3. The van der Waals surface area contributed by atoms with Crippen molar-refractivity contribution in [3.8, 4) is 5.75 Å². The van der Waals surface area contributed by atoms with Crippen molar-refractivity contribution < 1.29 is 4.74 Å². The van der Waals surface area contributed by atoms with E-state index in [2.05, 4.69) is 23.8 Å². The van der Waals surface area contributed by atoms with Gasteiger partial charge >= 0.3 is 0 Å². The zero-order valence-electron chi connectivity index (χ0n) is 13.1. The van der Waals surface area contributed by atoms with Gasteiger partial charge in [0.25, 0.3) is 0 Å². The average Bonchev–Trinajstić information content (AvgIpc) is 2.36. The van der Waals surface area contributed by atoms with Crippen LogP contribution in [-0.4, -0.2) is 24.6 Å². The lowest BCUT2D eigenvalue weighted by molar-refractivity contribution is 0.242. The van der Waals surface area contributed by atoms with Crippen molar-refractivity contribution in [2.24, 2.45) is 27.2 Å². The van der Waals surface area contributed by atoms with Crippen LogP contribution >= 0.6 is 0 Å². The molecule has 116 valence electrons. The monoisotopic (exact) mass is 291 g/mol. The first-order chi connectivity index (χ1) is 9.70. The Labute approximate surface area is 126 Å². The molecule has 0 spiro atoms. The Bertz CT molecular complexity index is 513. The van der Waals surface area contributed by atoms with E-state index < -0.39 is 0 Å². The summed E-state index contributed by atoms with van der Waals surface area (Å²) in [5.74, 6) is 0.847. The molecule has 6 heteroatoms. The number of aliphatic imine (C=N–C) groups is 2. The molecule has 0 saturated heterocycles. The number of hydrogen-bond acceptors (Lipinski definition) is 2. The molecule has 0 bridgehead atoms. The van der Waals surface area contributed by atoms with Crippen molar-refractivity contribution in [2.75, 3.05) is 6.54 Å². The zero-order chi connectivity index (χ0) is 16.0. The van der Waals surface area contributed by atoms with Gasteiger partial charge in [-0.2, -0.15) is 4.99 Å². The molecule has 1 aromatic rings. The third kappa shape index (κ3) is 5.72. The molecule has 6 nitrogen and oxygen atoms in total. The van der Waals surface area contributed by atoms with Crippen LogP contribution in [0.15, 0.2) is 34.3 Å². The average molecular weight is 291 g/mol. The zero-order valence-corrected chi connectivity index (χ0v) is 13.1. The molecular weight excluding hydrogens is 266 g/mol. The third-order valence-corrected chi connectivity index (χ3v) is 2.89. The molecule has 0 aliphatic carbocycles. The van der Waals surface area contributed by atoms with E-state index in [1.54, 1.807) is 0 Å². The summed E-state index contributed by atoms with van der Waals surface area (Å²) in [6.45, 7) is 8.65. The highest BCUT2D eigenvalue weighted by atomic mass is 16.5. The minimum atomic E-state index is -0.181. The van der Waals surface area contributed by atoms with Gasteiger partial charge in [0.05, 0.1) is 12.6 Å². The van der Waals surface area contributed by atoms with E-state index in [0.29, 0.717) is 6.54 Å². The number of rotatable bonds is 5. The van der Waals surface area contributed by atoms with Gasteiger partial charge in [-0.1, -0.05) is 26.0 Å². The normalized spacial score (nSPS) is 12.3. The van der Waals surface area contributed by atoms with E-state index in [1.807, 2.05) is 38.1 Å². The molecule has 0 radical (unpaired) electrons. The highest BCUT2D eigenvalue weighted by Gasteiger charge is 2.20. The van der Waals surface area contributed by atoms with Gasteiger partial charge in [-0.15, -0.1) is 0 Å². The topological polar surface area (TPSA) is 112 Å². The second kappa shape index (κ2) is 6.97. The summed E-state index contributed by atoms with van der Waals surface area (Å²) in [4.78, 5) is 7.90. The van der Waals surface area contributed by atoms with Crippen molar-refractivity contribution in [1.29, 1.82) is 0 Å². The van der Waals surface area contributed by atoms with E-state index in [4.69, 9.17) is 21.9 Å². The minimum Gasteiger partial charge on any atom is -0.491 e. The van der Waals surface area contributed by atoms with Crippen LogP contribution < -0.4 is 21.9 Å². The quantitative estimate of drug-likeness (QED) is 0.561. The number of nitrogens with zero attached hydrogens (tertiary/aromatic N) is 2. The van der Waals surface area contributed by atoms with Gasteiger partial charge in [-0.3, -0.25) is 4.99 Å². The molecule has 0 fully saturated rings. The second-order valence-corrected chi connectivity index (χ2v) is 5.79. The van der Waals surface area contributed by atoms with Crippen LogP contribution in [0, 0.1) is 0 Å². The summed E-state index contributed by atoms with van der Waals surface area (Å²) >= 11 is 0. The fraction of sp³-hybridized carbons (Fsp3) is 0.467. The summed E-state index contributed by atoms with van der Waals surface area (Å²) < 4.78 is 5.63. The third-order valence-electron chi connectivity index (χ3n) is 2.89. The minimum absolute atomic E-state index is 0.0860. The van der Waals surface area contributed by atoms with Gasteiger partial charge < -0.3 is 21.9 Å². The van der Waals surface area contributed by atoms with Gasteiger partial charge in [0.1, 0.15) is 5.75 Å². The maximum Gasteiger partial charge on any atom is 0.218 e. The highest BCUT2D eigenvalue weighted by molar-refractivity contribution is 5.92. The maximum atomic E-state index is 5.63. The van der Waals surface area contributed by atoms with Gasteiger partial charge in [0.2, 0.25) is 5.96 Å². The highest BCUT2D eigenvalue weighted by Crippen LogP contribution is 2.26. The predicted octanol–water partition coefficient (Wildman–Crippen LogP) is 1.34. The Kier molecular flexibility index (Phi) is 5.58. The van der Waals surface area contributed by atoms with Gasteiger partial charge in [-0.05, 0) is 31.5 Å². The van der Waals surface area contributed by atoms with Crippen molar-refractivity contribution in [1.82, 2.24) is 0 Å². The first-order valence-electron chi connectivity index (χ1n) is 6.87. The molecule has 0 saturated carbocycles. The van der Waals surface area contributed by atoms with Crippen LogP contribution in [0.2, 0.25) is 0 Å². The molecule has 6 N–H and O–H groups in total. The van der Waals surface area contributed by atoms with Crippen LogP contribution in [0.3, 0.4) is 0 Å². The first kappa shape index (κ1) is 16.8. The second-order valence-electron chi connectivity index (χ2n) is 5.79. The molecule has 0 heterocycles. The van der Waals surface area contributed by atoms with E-state index in [1.165, 1.54) is 0 Å². The van der Waals surface area contributed by atoms with Crippen LogP contribution in [0.4, 0.5) is 0 Å². The fourth-order valence-electron chi connectivity index (χ4n) is 1.79. The molecule has 1 aromatic carbocycles. The molecule has 0 aliphatic rings. The molecule has 0 unspecified atom stereocenters. The molecule has 0 atom stereocenters. The van der Waals surface area contributed by atoms with E-state index in [9.17, 15) is 0 Å². The predicted molar refractivity (Wildman–Crippen MR) is 87.5 cm³/mol. The van der Waals surface area contributed by atoms with Crippen LogP contribution in [0.5, 0.6) is 5.75 Å². The summed E-state index contributed by atoms with van der Waals surface area (Å²) in [7, 11) is 0. The first-order valence-corrected chi connectivity index (χ1v) is 6.87. The molecule has 21 heavy (non-hydrogen) atoms. The van der Waals surface area contributed by atoms with Gasteiger partial charge in [-0.25, -0.2) is 0 Å². The van der Waals surface area contributed by atoms with Crippen molar-refractivity contribution in [3.63, 3.8) is 0 Å². The largest absolute Gasteiger partial charge is 0.491 e. The molecule has 0 aliphatic heterocycles. The Balaban J connectivity index is 2.80. The number of hydrogen-bond donors (Lipinski definition) is 3. The SMILES string of the molecule is CC(C)Oc1ccc(C(C)(C)CN=C(N)N=C(N)N)cc1. The van der Waals surface area contributed by atoms with Crippen molar-refractivity contribution in [2.45, 2.75) is 39.2 Å². The summed E-state index contributed by atoms with van der Waals surface area (Å²) in [6, 6.07) is 7.98. The van der Waals surface area contributed by atoms with Gasteiger partial charge in [0.15, 0.2) is 5.96 Å². The fourth-order valence-corrected chi connectivity index (χ4v) is 1.79. The lowest BCUT2D eigenvalue weighted by atomic mass is 9.85. The Morgan fingerprint density at radius 2 is 1.71 bits per heavy atom. The molecule has 1 rings (SSSR count). The Morgan fingerprint density at radius 1 is 1.14 bits per heavy atom. The molecule has 0 amide bonds. The standard InChI is InChI=1S/C15H25N5O/c1-10(2)21-12-7-5-11(6-8-12)15(3,4)9-19-14(18)20-13(16)17/h5-8,10H,9H2,1-4H3,(H6,16,17,18,19,20). The lowest BCUT2D eigenvalue weighted by Gasteiger charge is -2.23. The smallest absolute Gasteiger partial charge is 0.218 e. The van der Waals surface area contributed by atoms with Gasteiger partial charge in [0, 0.05) is 5.41 Å². The number of benzene rings is 1. The van der Waals surface area contributed by atoms with E-state index >= 15 is 0 Å². The van der Waals surface area contributed by atoms with Crippen molar-refractivity contribution >= 4 is 11.9 Å². The molecule has 0 aromatic heterocycles. The summed E-state index contributed by atoms with van der Waals surface area (Å²) in [5.41, 5.74) is 17.1. The maximum absolute atomic E-state index is 5.63. The summed E-state index contributed by atoms with van der Waals surface area (Å²) in [6.07, 6.45) is 0.160. The van der Waals surface area contributed by atoms with E-state index in [0.717, 1.165) is 11.3 Å². The molecular formula is C15H25N5O. The Morgan fingerprint density at radius 3 is 2.19 bits per heavy atom. The number of guanidine groups is 2. The van der Waals surface area contributed by atoms with Crippen LogP contribution in [0.25, 0.3) is 0 Å².